The van der Waals surface area contributed by atoms with Crippen LogP contribution in [-0.2, 0) is 14.3 Å². The van der Waals surface area contributed by atoms with Gasteiger partial charge in [-0.3, -0.25) is 9.59 Å². The number of ether oxygens (including phenoxy) is 1. The van der Waals surface area contributed by atoms with Crippen LogP contribution in [0.2, 0.25) is 0 Å². The summed E-state index contributed by atoms with van der Waals surface area (Å²) in [5.41, 5.74) is 0. The first-order chi connectivity index (χ1) is 36.0. The molecule has 0 fully saturated rings. The van der Waals surface area contributed by atoms with E-state index in [0.29, 0.717) is 19.4 Å². The highest BCUT2D eigenvalue weighted by Gasteiger charge is 2.18. The maximum absolute atomic E-state index is 12.5. The summed E-state index contributed by atoms with van der Waals surface area (Å²) in [6.07, 6.45) is 80.2. The molecular weight excluding hydrogens is 899 g/mol. The van der Waals surface area contributed by atoms with E-state index in [1.807, 2.05) is 6.08 Å². The number of amides is 1. The van der Waals surface area contributed by atoms with Crippen molar-refractivity contribution < 1.29 is 24.5 Å². The Bertz CT molecular complexity index is 1230. The van der Waals surface area contributed by atoms with Crippen LogP contribution in [0.15, 0.2) is 48.6 Å². The lowest BCUT2D eigenvalue weighted by Gasteiger charge is -2.20. The van der Waals surface area contributed by atoms with Gasteiger partial charge >= 0.3 is 5.97 Å². The third-order valence-electron chi connectivity index (χ3n) is 14.8. The van der Waals surface area contributed by atoms with Crippen LogP contribution in [0.5, 0.6) is 0 Å². The average Bonchev–Trinajstić information content (AvgIpc) is 3.39. The number of carbonyl (C=O) groups excluding carboxylic acids is 2. The summed E-state index contributed by atoms with van der Waals surface area (Å²) in [6.45, 7) is 4.88. The van der Waals surface area contributed by atoms with Gasteiger partial charge in [-0.1, -0.05) is 287 Å². The molecule has 0 aliphatic carbocycles. The smallest absolute Gasteiger partial charge is 0.305 e. The van der Waals surface area contributed by atoms with Gasteiger partial charge < -0.3 is 20.3 Å². The minimum Gasteiger partial charge on any atom is -0.466 e. The maximum atomic E-state index is 12.5. The molecule has 0 spiro atoms. The minimum absolute atomic E-state index is 0.00119. The zero-order chi connectivity index (χ0) is 52.9. The van der Waals surface area contributed by atoms with Gasteiger partial charge in [0.05, 0.1) is 25.4 Å². The van der Waals surface area contributed by atoms with Gasteiger partial charge in [-0.05, 0) is 89.9 Å². The quantitative estimate of drug-likeness (QED) is 0.0320. The van der Waals surface area contributed by atoms with Crippen molar-refractivity contribution in [3.05, 3.63) is 48.6 Å². The lowest BCUT2D eigenvalue weighted by molar-refractivity contribution is -0.143. The van der Waals surface area contributed by atoms with Crippen molar-refractivity contribution in [3.8, 4) is 0 Å². The number of hydrogen-bond donors (Lipinski definition) is 3. The topological polar surface area (TPSA) is 95.9 Å². The molecule has 0 aliphatic rings. The van der Waals surface area contributed by atoms with Crippen molar-refractivity contribution in [2.24, 2.45) is 0 Å². The van der Waals surface area contributed by atoms with E-state index in [1.54, 1.807) is 6.08 Å². The summed E-state index contributed by atoms with van der Waals surface area (Å²) in [5, 5.41) is 23.2. The second kappa shape index (κ2) is 62.4. The molecule has 0 heterocycles. The Balaban J connectivity index is 3.43. The SMILES string of the molecule is CCCCC/C=C\C/C=C\CCCCCCCC(=O)OCCCCCCCCCCCCCC/C=C\CCCCCCCCCCCC(=O)NC(CO)C(O)/C=C/CCCCCCCCCCCCCCCC. The summed E-state index contributed by atoms with van der Waals surface area (Å²) >= 11 is 0. The van der Waals surface area contributed by atoms with Crippen molar-refractivity contribution in [1.29, 1.82) is 0 Å². The molecule has 2 unspecified atom stereocenters. The van der Waals surface area contributed by atoms with Crippen LogP contribution in [0.4, 0.5) is 0 Å². The van der Waals surface area contributed by atoms with E-state index in [-0.39, 0.29) is 18.5 Å². The first-order valence-electron chi connectivity index (χ1n) is 32.4. The number of hydrogen-bond acceptors (Lipinski definition) is 5. The Labute approximate surface area is 455 Å². The fourth-order valence-corrected chi connectivity index (χ4v) is 9.84. The van der Waals surface area contributed by atoms with Crippen LogP contribution in [-0.4, -0.2) is 47.4 Å². The lowest BCUT2D eigenvalue weighted by Crippen LogP contribution is -2.45. The molecule has 6 heteroatoms. The second-order valence-electron chi connectivity index (χ2n) is 22.1. The normalized spacial score (nSPS) is 12.9. The molecule has 3 N–H and O–H groups in total. The highest BCUT2D eigenvalue weighted by Crippen LogP contribution is 2.17. The number of allylic oxidation sites excluding steroid dienone is 7. The summed E-state index contributed by atoms with van der Waals surface area (Å²) in [6, 6.07) is -0.631. The second-order valence-corrected chi connectivity index (χ2v) is 22.1. The zero-order valence-corrected chi connectivity index (χ0v) is 48.9. The van der Waals surface area contributed by atoms with Crippen LogP contribution in [0, 0.1) is 0 Å². The Morgan fingerprint density at radius 1 is 0.384 bits per heavy atom. The van der Waals surface area contributed by atoms with E-state index in [2.05, 4.69) is 55.6 Å². The predicted octanol–water partition coefficient (Wildman–Crippen LogP) is 20.5. The van der Waals surface area contributed by atoms with Gasteiger partial charge in [0, 0.05) is 12.8 Å². The number of carbonyl (C=O) groups is 2. The molecule has 2 atom stereocenters. The molecule has 428 valence electrons. The number of aliphatic hydroxyl groups excluding tert-OH is 2. The maximum Gasteiger partial charge on any atom is 0.305 e. The van der Waals surface area contributed by atoms with Gasteiger partial charge in [-0.15, -0.1) is 0 Å². The summed E-state index contributed by atoms with van der Waals surface area (Å²) in [4.78, 5) is 24.5. The fourth-order valence-electron chi connectivity index (χ4n) is 9.84. The molecule has 0 radical (unpaired) electrons. The largest absolute Gasteiger partial charge is 0.466 e. The highest BCUT2D eigenvalue weighted by atomic mass is 16.5. The molecule has 0 rings (SSSR count). The molecular formula is C67H125NO5. The minimum atomic E-state index is -0.847. The number of rotatable bonds is 60. The van der Waals surface area contributed by atoms with E-state index in [9.17, 15) is 19.8 Å². The Morgan fingerprint density at radius 2 is 0.685 bits per heavy atom. The summed E-state index contributed by atoms with van der Waals surface area (Å²) in [7, 11) is 0. The van der Waals surface area contributed by atoms with Gasteiger partial charge in [0.1, 0.15) is 0 Å². The van der Waals surface area contributed by atoms with Crippen LogP contribution in [0.3, 0.4) is 0 Å². The predicted molar refractivity (Wildman–Crippen MR) is 319 cm³/mol. The van der Waals surface area contributed by atoms with Crippen molar-refractivity contribution >= 4 is 11.9 Å². The molecule has 0 saturated heterocycles. The molecule has 0 bridgehead atoms. The number of aliphatic hydroxyl groups is 2. The van der Waals surface area contributed by atoms with Gasteiger partial charge in [0.25, 0.3) is 0 Å². The van der Waals surface area contributed by atoms with Crippen LogP contribution >= 0.6 is 0 Å². The van der Waals surface area contributed by atoms with E-state index in [0.717, 1.165) is 51.4 Å². The van der Waals surface area contributed by atoms with E-state index in [1.165, 1.54) is 263 Å². The Hall–Kier alpha value is -2.18. The van der Waals surface area contributed by atoms with Crippen LogP contribution < -0.4 is 5.32 Å². The van der Waals surface area contributed by atoms with Crippen molar-refractivity contribution in [2.75, 3.05) is 13.2 Å². The first kappa shape index (κ1) is 70.8. The first-order valence-corrected chi connectivity index (χ1v) is 32.4. The van der Waals surface area contributed by atoms with Crippen molar-refractivity contribution in [3.63, 3.8) is 0 Å². The summed E-state index contributed by atoms with van der Waals surface area (Å²) < 4.78 is 5.48. The Kier molecular flexibility index (Phi) is 60.5. The van der Waals surface area contributed by atoms with Gasteiger partial charge in [0.2, 0.25) is 5.91 Å². The van der Waals surface area contributed by atoms with Crippen molar-refractivity contribution in [1.82, 2.24) is 5.32 Å². The molecule has 0 saturated carbocycles. The standard InChI is InChI=1S/C67H125NO5/c1-3-5-7-9-11-13-15-17-19-32-35-39-43-47-51-55-59-65(70)64(63-69)68-66(71)60-56-52-48-44-40-36-33-29-27-25-23-21-20-22-24-26-28-30-34-38-42-46-50-54-58-62-73-67(72)61-57-53-49-45-41-37-31-18-16-14-12-10-8-6-4-2/h12,14,18,21,23,31,55,59,64-65,69-70H,3-11,13,15-17,19-20,22,24-30,32-54,56-58,60-63H2,1-2H3,(H,68,71)/b14-12-,23-21-,31-18-,59-55+. The third-order valence-corrected chi connectivity index (χ3v) is 14.8. The molecule has 6 nitrogen and oxygen atoms in total. The van der Waals surface area contributed by atoms with Crippen LogP contribution in [0.1, 0.15) is 341 Å². The molecule has 0 aromatic carbocycles. The number of unbranched alkanes of at least 4 members (excludes halogenated alkanes) is 43. The molecule has 1 amide bonds. The molecule has 0 aromatic heterocycles. The Morgan fingerprint density at radius 3 is 1.08 bits per heavy atom. The van der Waals surface area contributed by atoms with Gasteiger partial charge in [0.15, 0.2) is 0 Å². The zero-order valence-electron chi connectivity index (χ0n) is 48.9. The fraction of sp³-hybridized carbons (Fsp3) is 0.851. The molecule has 0 aromatic rings. The van der Waals surface area contributed by atoms with Crippen molar-refractivity contribution in [2.45, 2.75) is 353 Å². The average molecular weight is 1020 g/mol. The lowest BCUT2D eigenvalue weighted by atomic mass is 10.0. The van der Waals surface area contributed by atoms with Crippen LogP contribution in [0.25, 0.3) is 0 Å². The van der Waals surface area contributed by atoms with Gasteiger partial charge in [-0.2, -0.15) is 0 Å². The molecule has 0 aliphatic heterocycles. The van der Waals surface area contributed by atoms with Gasteiger partial charge in [-0.25, -0.2) is 0 Å². The van der Waals surface area contributed by atoms with E-state index >= 15 is 0 Å². The monoisotopic (exact) mass is 1020 g/mol. The number of nitrogens with one attached hydrogen (secondary N) is 1. The highest BCUT2D eigenvalue weighted by molar-refractivity contribution is 5.76. The number of esters is 1. The van der Waals surface area contributed by atoms with E-state index in [4.69, 9.17) is 4.74 Å². The molecule has 73 heavy (non-hydrogen) atoms. The summed E-state index contributed by atoms with van der Waals surface area (Å²) in [5.74, 6) is -0.0711. The third kappa shape index (κ3) is 58.9. The van der Waals surface area contributed by atoms with E-state index < -0.39 is 12.1 Å².